The molecule has 5 nitrogen and oxygen atoms in total. The molecule has 0 amide bonds. The highest BCUT2D eigenvalue weighted by atomic mass is 35.5. The van der Waals surface area contributed by atoms with Crippen molar-refractivity contribution >= 4 is 22.6 Å². The second-order valence-electron chi connectivity index (χ2n) is 5.21. The molecule has 0 aliphatic heterocycles. The van der Waals surface area contributed by atoms with Gasteiger partial charge in [0.15, 0.2) is 0 Å². The lowest BCUT2D eigenvalue weighted by molar-refractivity contribution is 0.153. The van der Waals surface area contributed by atoms with Gasteiger partial charge < -0.3 is 9.67 Å². The Kier molecular flexibility index (Phi) is 3.69. The van der Waals surface area contributed by atoms with E-state index < -0.39 is 6.10 Å². The van der Waals surface area contributed by atoms with Crippen LogP contribution in [0.4, 0.5) is 0 Å². The van der Waals surface area contributed by atoms with Gasteiger partial charge in [0.1, 0.15) is 0 Å². The fraction of sp³-hybridized carbons (Fsp3) is 0.333. The summed E-state index contributed by atoms with van der Waals surface area (Å²) in [6.07, 6.45) is 1.67. The molecule has 110 valence electrons. The van der Waals surface area contributed by atoms with E-state index in [0.29, 0.717) is 18.0 Å². The van der Waals surface area contributed by atoms with Crippen molar-refractivity contribution in [3.63, 3.8) is 0 Å². The summed E-state index contributed by atoms with van der Waals surface area (Å²) in [6.45, 7) is 2.34. The lowest BCUT2D eigenvalue weighted by Gasteiger charge is -2.12. The average molecular weight is 305 g/mol. The number of hydrogen-bond acceptors (Lipinski definition) is 3. The maximum absolute atomic E-state index is 10.3. The van der Waals surface area contributed by atoms with E-state index >= 15 is 0 Å². The summed E-state index contributed by atoms with van der Waals surface area (Å²) in [5.41, 5.74) is 3.59. The predicted octanol–water partition coefficient (Wildman–Crippen LogP) is 2.34. The van der Waals surface area contributed by atoms with Gasteiger partial charge in [-0.25, -0.2) is 4.98 Å². The lowest BCUT2D eigenvalue weighted by atomic mass is 10.2. The Morgan fingerprint density at radius 3 is 2.81 bits per heavy atom. The second-order valence-corrected chi connectivity index (χ2v) is 5.59. The van der Waals surface area contributed by atoms with Gasteiger partial charge in [0.05, 0.1) is 46.4 Å². The summed E-state index contributed by atoms with van der Waals surface area (Å²) in [4.78, 5) is 4.33. The van der Waals surface area contributed by atoms with E-state index in [1.165, 1.54) is 0 Å². The zero-order valence-corrected chi connectivity index (χ0v) is 12.7. The molecule has 0 radical (unpaired) electrons. The maximum atomic E-state index is 10.3. The Balaban J connectivity index is 1.79. The van der Waals surface area contributed by atoms with Gasteiger partial charge in [0.25, 0.3) is 0 Å². The monoisotopic (exact) mass is 304 g/mol. The van der Waals surface area contributed by atoms with E-state index in [4.69, 9.17) is 11.6 Å². The summed E-state index contributed by atoms with van der Waals surface area (Å²) in [5.74, 6) is 0. The van der Waals surface area contributed by atoms with Crippen molar-refractivity contribution in [1.82, 2.24) is 19.3 Å². The Hall–Kier alpha value is -1.85. The van der Waals surface area contributed by atoms with Gasteiger partial charge in [0, 0.05) is 13.5 Å². The van der Waals surface area contributed by atoms with E-state index in [9.17, 15) is 5.11 Å². The first-order chi connectivity index (χ1) is 10.1. The number of fused-ring (bicyclic) bond motifs is 1. The quantitative estimate of drug-likeness (QED) is 0.805. The Bertz CT molecular complexity index is 777. The van der Waals surface area contributed by atoms with Gasteiger partial charge in [-0.1, -0.05) is 23.7 Å². The molecule has 0 aliphatic rings. The fourth-order valence-corrected chi connectivity index (χ4v) is 2.81. The number of benzene rings is 1. The minimum absolute atomic E-state index is 0.461. The first-order valence-corrected chi connectivity index (χ1v) is 7.20. The number of halogens is 1. The van der Waals surface area contributed by atoms with Crippen LogP contribution in [-0.4, -0.2) is 30.5 Å². The number of rotatable bonds is 4. The first kappa shape index (κ1) is 14.1. The number of aliphatic hydroxyl groups excluding tert-OH is 1. The van der Waals surface area contributed by atoms with Crippen molar-refractivity contribution in [2.45, 2.75) is 26.0 Å². The van der Waals surface area contributed by atoms with Crippen LogP contribution in [-0.2, 0) is 20.0 Å². The van der Waals surface area contributed by atoms with Crippen LogP contribution in [0.15, 0.2) is 30.6 Å². The molecule has 3 rings (SSSR count). The first-order valence-electron chi connectivity index (χ1n) is 6.82. The van der Waals surface area contributed by atoms with Gasteiger partial charge in [-0.05, 0) is 19.1 Å². The van der Waals surface area contributed by atoms with Crippen molar-refractivity contribution in [3.8, 4) is 0 Å². The molecule has 0 spiro atoms. The van der Waals surface area contributed by atoms with Gasteiger partial charge >= 0.3 is 0 Å². The summed E-state index contributed by atoms with van der Waals surface area (Å²) >= 11 is 6.22. The van der Waals surface area contributed by atoms with Crippen molar-refractivity contribution in [2.75, 3.05) is 0 Å². The highest BCUT2D eigenvalue weighted by Crippen LogP contribution is 2.21. The molecule has 0 fully saturated rings. The number of para-hydroxylation sites is 2. The van der Waals surface area contributed by atoms with E-state index in [1.54, 1.807) is 11.0 Å². The third kappa shape index (κ3) is 2.66. The molecule has 0 saturated heterocycles. The molecule has 2 heterocycles. The number of aryl methyl sites for hydroxylation is 2. The summed E-state index contributed by atoms with van der Waals surface area (Å²) in [5, 5.41) is 15.2. The smallest absolute Gasteiger partial charge is 0.0959 e. The van der Waals surface area contributed by atoms with Crippen molar-refractivity contribution < 1.29 is 5.11 Å². The fourth-order valence-electron chi connectivity index (χ4n) is 2.57. The van der Waals surface area contributed by atoms with Gasteiger partial charge in [-0.3, -0.25) is 4.68 Å². The van der Waals surface area contributed by atoms with Crippen molar-refractivity contribution in [1.29, 1.82) is 0 Å². The molecular formula is C15H17ClN4O. The van der Waals surface area contributed by atoms with Crippen LogP contribution >= 0.6 is 11.6 Å². The van der Waals surface area contributed by atoms with E-state index in [1.807, 2.05) is 42.8 Å². The van der Waals surface area contributed by atoms with Crippen LogP contribution in [0.5, 0.6) is 0 Å². The number of aromatic nitrogens is 4. The molecule has 1 N–H and O–H groups in total. The van der Waals surface area contributed by atoms with Crippen LogP contribution in [0.1, 0.15) is 11.4 Å². The van der Waals surface area contributed by atoms with Crippen molar-refractivity contribution in [2.24, 2.45) is 7.05 Å². The number of hydrogen-bond donors (Lipinski definition) is 1. The zero-order valence-electron chi connectivity index (χ0n) is 12.0. The second kappa shape index (κ2) is 5.50. The number of imidazole rings is 1. The highest BCUT2D eigenvalue weighted by Gasteiger charge is 2.16. The molecule has 0 bridgehead atoms. The summed E-state index contributed by atoms with van der Waals surface area (Å²) in [6, 6.07) is 7.87. The van der Waals surface area contributed by atoms with Crippen LogP contribution < -0.4 is 0 Å². The van der Waals surface area contributed by atoms with Crippen molar-refractivity contribution in [3.05, 3.63) is 47.0 Å². The maximum Gasteiger partial charge on any atom is 0.0959 e. The van der Waals surface area contributed by atoms with E-state index in [2.05, 4.69) is 10.1 Å². The average Bonchev–Trinajstić information content (AvgIpc) is 2.96. The minimum atomic E-state index is -0.546. The SMILES string of the molecule is Cc1nn(C)c(CC(O)Cn2cnc3ccccc32)c1Cl. The van der Waals surface area contributed by atoms with Crippen LogP contribution in [0.2, 0.25) is 5.02 Å². The molecule has 0 aliphatic carbocycles. The Labute approximate surface area is 127 Å². The Morgan fingerprint density at radius 1 is 1.33 bits per heavy atom. The normalized spacial score (nSPS) is 13.0. The molecule has 2 aromatic heterocycles. The van der Waals surface area contributed by atoms with Crippen LogP contribution in [0.3, 0.4) is 0 Å². The molecule has 1 aromatic carbocycles. The largest absolute Gasteiger partial charge is 0.391 e. The lowest BCUT2D eigenvalue weighted by Crippen LogP contribution is -2.20. The molecule has 1 unspecified atom stereocenters. The Morgan fingerprint density at radius 2 is 2.10 bits per heavy atom. The van der Waals surface area contributed by atoms with E-state index in [-0.39, 0.29) is 0 Å². The van der Waals surface area contributed by atoms with E-state index in [0.717, 1.165) is 22.4 Å². The number of aliphatic hydroxyl groups is 1. The summed E-state index contributed by atoms with van der Waals surface area (Å²) in [7, 11) is 1.84. The number of nitrogens with zero attached hydrogens (tertiary/aromatic N) is 4. The van der Waals surface area contributed by atoms with Crippen LogP contribution in [0, 0.1) is 6.92 Å². The molecule has 1 atom stereocenters. The molecule has 3 aromatic rings. The van der Waals surface area contributed by atoms with Gasteiger partial charge in [-0.15, -0.1) is 0 Å². The highest BCUT2D eigenvalue weighted by molar-refractivity contribution is 6.31. The third-order valence-corrected chi connectivity index (χ3v) is 4.12. The zero-order chi connectivity index (χ0) is 15.0. The standard InChI is InChI=1S/C15H17ClN4O/c1-10-15(16)14(19(2)18-10)7-11(21)8-20-9-17-12-5-3-4-6-13(12)20/h3-6,9,11,21H,7-8H2,1-2H3. The molecule has 21 heavy (non-hydrogen) atoms. The topological polar surface area (TPSA) is 55.9 Å². The summed E-state index contributed by atoms with van der Waals surface area (Å²) < 4.78 is 3.68. The third-order valence-electron chi connectivity index (χ3n) is 3.63. The van der Waals surface area contributed by atoms with Gasteiger partial charge in [0.2, 0.25) is 0 Å². The molecule has 0 saturated carbocycles. The predicted molar refractivity (Wildman–Crippen MR) is 82.4 cm³/mol. The molecule has 6 heteroatoms. The molecular weight excluding hydrogens is 288 g/mol. The van der Waals surface area contributed by atoms with Gasteiger partial charge in [-0.2, -0.15) is 5.10 Å². The van der Waals surface area contributed by atoms with Crippen LogP contribution in [0.25, 0.3) is 11.0 Å². The minimum Gasteiger partial charge on any atom is -0.391 e.